The molecule has 38 heavy (non-hydrogen) atoms. The highest BCUT2D eigenvalue weighted by molar-refractivity contribution is 6.02. The molecule has 2 aromatic carbocycles. The lowest BCUT2D eigenvalue weighted by atomic mass is 10.1. The zero-order valence-electron chi connectivity index (χ0n) is 20.9. The van der Waals surface area contributed by atoms with Crippen molar-refractivity contribution in [2.75, 3.05) is 25.1 Å². The van der Waals surface area contributed by atoms with E-state index in [0.717, 1.165) is 43.1 Å². The van der Waals surface area contributed by atoms with Gasteiger partial charge in [-0.3, -0.25) is 19.6 Å². The Labute approximate surface area is 218 Å². The zero-order valence-corrected chi connectivity index (χ0v) is 20.9. The number of carbonyl (C=O) groups excluding carboxylic acids is 2. The van der Waals surface area contributed by atoms with Gasteiger partial charge in [0.05, 0.1) is 5.69 Å². The quantitative estimate of drug-likeness (QED) is 0.320. The van der Waals surface area contributed by atoms with E-state index in [1.165, 1.54) is 4.90 Å². The first kappa shape index (κ1) is 23.8. The van der Waals surface area contributed by atoms with Crippen LogP contribution in [0.5, 0.6) is 5.75 Å². The van der Waals surface area contributed by atoms with Crippen LogP contribution < -0.4 is 19.6 Å². The molecule has 1 atom stereocenters. The fourth-order valence-corrected chi connectivity index (χ4v) is 4.78. The highest BCUT2D eigenvalue weighted by atomic mass is 16.5. The van der Waals surface area contributed by atoms with E-state index in [1.807, 2.05) is 53.2 Å². The maximum atomic E-state index is 13.3. The van der Waals surface area contributed by atoms with Crippen molar-refractivity contribution in [2.24, 2.45) is 0 Å². The molecule has 0 saturated carbocycles. The number of carbonyl (C=O) groups is 2. The van der Waals surface area contributed by atoms with Crippen LogP contribution in [0.25, 0.3) is 0 Å². The Kier molecular flexibility index (Phi) is 6.30. The normalized spacial score (nSPS) is 17.3. The summed E-state index contributed by atoms with van der Waals surface area (Å²) in [6, 6.07) is 14.7. The summed E-state index contributed by atoms with van der Waals surface area (Å²) in [6.45, 7) is 3.22. The fourth-order valence-electron chi connectivity index (χ4n) is 4.78. The van der Waals surface area contributed by atoms with E-state index in [9.17, 15) is 9.59 Å². The van der Waals surface area contributed by atoms with E-state index in [0.29, 0.717) is 23.7 Å². The highest BCUT2D eigenvalue weighted by Gasteiger charge is 2.32. The number of aromatic amines is 2. The van der Waals surface area contributed by atoms with Crippen LogP contribution >= 0.6 is 0 Å². The van der Waals surface area contributed by atoms with E-state index in [4.69, 9.17) is 4.74 Å². The number of aromatic nitrogens is 6. The molecular formula is C26H28N9O3+. The number of H-pyrrole nitrogens is 2. The summed E-state index contributed by atoms with van der Waals surface area (Å²) < 4.78 is 7.99. The van der Waals surface area contributed by atoms with E-state index in [2.05, 4.69) is 35.5 Å². The average molecular weight is 515 g/mol. The number of amides is 2. The minimum Gasteiger partial charge on any atom is -0.489 e. The summed E-state index contributed by atoms with van der Waals surface area (Å²) in [5.74, 6) is 1.33. The Balaban J connectivity index is 1.11. The lowest BCUT2D eigenvalue weighted by Gasteiger charge is -2.24. The van der Waals surface area contributed by atoms with Crippen molar-refractivity contribution in [3.8, 4) is 5.75 Å². The van der Waals surface area contributed by atoms with Gasteiger partial charge in [0.1, 0.15) is 37.3 Å². The number of rotatable bonds is 6. The topological polar surface area (TPSA) is 136 Å². The minimum atomic E-state index is -0.878. The Morgan fingerprint density at radius 2 is 2.08 bits per heavy atom. The van der Waals surface area contributed by atoms with Crippen LogP contribution in [0.15, 0.2) is 54.9 Å². The molecule has 0 bridgehead atoms. The molecule has 0 aliphatic carbocycles. The van der Waals surface area contributed by atoms with Gasteiger partial charge in [-0.1, -0.05) is 36.4 Å². The van der Waals surface area contributed by atoms with Crippen molar-refractivity contribution in [3.63, 3.8) is 0 Å². The van der Waals surface area contributed by atoms with E-state index >= 15 is 0 Å². The first-order valence-corrected chi connectivity index (χ1v) is 12.5. The van der Waals surface area contributed by atoms with Crippen LogP contribution in [-0.4, -0.2) is 68.2 Å². The second-order valence-corrected chi connectivity index (χ2v) is 9.47. The van der Waals surface area contributed by atoms with Gasteiger partial charge in [-0.25, -0.2) is 4.98 Å². The molecule has 4 aromatic rings. The lowest BCUT2D eigenvalue weighted by Crippen LogP contribution is -2.50. The number of hydrogen-bond donors (Lipinski definition) is 3. The van der Waals surface area contributed by atoms with Crippen LogP contribution in [0.2, 0.25) is 0 Å². The molecule has 12 heteroatoms. The van der Waals surface area contributed by atoms with Crippen molar-refractivity contribution >= 4 is 17.5 Å². The van der Waals surface area contributed by atoms with Gasteiger partial charge in [-0.2, -0.15) is 9.78 Å². The largest absolute Gasteiger partial charge is 0.489 e. The van der Waals surface area contributed by atoms with Gasteiger partial charge in [-0.05, 0) is 28.2 Å². The molecule has 0 spiro atoms. The average Bonchev–Trinajstić information content (AvgIpc) is 3.58. The van der Waals surface area contributed by atoms with Crippen molar-refractivity contribution in [1.82, 2.24) is 35.5 Å². The predicted octanol–water partition coefficient (Wildman–Crippen LogP) is 0.576. The monoisotopic (exact) mass is 514 g/mol. The molecule has 0 fully saturated rings. The van der Waals surface area contributed by atoms with Crippen LogP contribution in [0.4, 0.5) is 5.69 Å². The van der Waals surface area contributed by atoms with E-state index < -0.39 is 11.9 Å². The molecule has 2 aromatic heterocycles. The van der Waals surface area contributed by atoms with E-state index in [-0.39, 0.29) is 18.3 Å². The Hall–Kier alpha value is -4.58. The van der Waals surface area contributed by atoms with Gasteiger partial charge in [-0.15, -0.1) is 5.10 Å². The SMILES string of the molecule is CN1C(=O)[C@H](NC(=O)c2n[nH]c(Cc3ccccc3)n2)COc2ccc(CN3CC[n+]4[nH]cnc4C3)cc21. The molecule has 6 rings (SSSR count). The molecule has 4 heterocycles. The third-order valence-electron chi connectivity index (χ3n) is 6.82. The maximum Gasteiger partial charge on any atom is 0.332 e. The molecule has 2 aliphatic heterocycles. The summed E-state index contributed by atoms with van der Waals surface area (Å²) >= 11 is 0. The third-order valence-corrected chi connectivity index (χ3v) is 6.82. The van der Waals surface area contributed by atoms with Crippen molar-refractivity contribution < 1.29 is 19.0 Å². The highest BCUT2D eigenvalue weighted by Crippen LogP contribution is 2.32. The lowest BCUT2D eigenvalue weighted by molar-refractivity contribution is -0.764. The van der Waals surface area contributed by atoms with Crippen LogP contribution in [0, 0.1) is 0 Å². The van der Waals surface area contributed by atoms with Crippen molar-refractivity contribution in [3.05, 3.63) is 83.5 Å². The predicted molar refractivity (Wildman–Crippen MR) is 135 cm³/mol. The summed E-state index contributed by atoms with van der Waals surface area (Å²) in [5, 5.41) is 12.7. The summed E-state index contributed by atoms with van der Waals surface area (Å²) in [7, 11) is 1.69. The molecule has 12 nitrogen and oxygen atoms in total. The van der Waals surface area contributed by atoms with Crippen molar-refractivity contribution in [2.45, 2.75) is 32.1 Å². The van der Waals surface area contributed by atoms with Gasteiger partial charge in [0, 0.05) is 26.6 Å². The number of nitrogens with one attached hydrogen (secondary N) is 3. The van der Waals surface area contributed by atoms with Crippen LogP contribution in [0.1, 0.15) is 33.4 Å². The Bertz CT molecular complexity index is 1470. The maximum absolute atomic E-state index is 13.3. The second kappa shape index (κ2) is 10.1. The number of fused-ring (bicyclic) bond motifs is 2. The molecule has 2 aliphatic rings. The number of nitrogens with zero attached hydrogens (tertiary/aromatic N) is 6. The number of anilines is 1. The molecule has 0 radical (unpaired) electrons. The smallest absolute Gasteiger partial charge is 0.332 e. The molecule has 194 valence electrons. The number of hydrogen-bond acceptors (Lipinski definition) is 7. The first-order valence-electron chi connectivity index (χ1n) is 12.5. The van der Waals surface area contributed by atoms with Crippen LogP contribution in [0.3, 0.4) is 0 Å². The summed E-state index contributed by atoms with van der Waals surface area (Å²) in [6.07, 6.45) is 2.23. The second-order valence-electron chi connectivity index (χ2n) is 9.47. The molecule has 0 saturated heterocycles. The summed E-state index contributed by atoms with van der Waals surface area (Å²) in [5.41, 5.74) is 2.77. The molecule has 2 amide bonds. The van der Waals surface area contributed by atoms with Gasteiger partial charge >= 0.3 is 5.82 Å². The third kappa shape index (κ3) is 4.85. The van der Waals surface area contributed by atoms with Gasteiger partial charge < -0.3 is 15.0 Å². The first-order chi connectivity index (χ1) is 18.5. The minimum absolute atomic E-state index is 0.00778. The standard InChI is InChI=1S/C26H27N9O3/c1-33-20-11-18(13-34-9-10-35-23(14-34)27-16-28-35)7-8-21(20)38-15-19(26(33)37)29-25(36)24-30-22(31-32-24)12-17-5-3-2-4-6-17/h2-8,11,16,19H,9-10,12-15H2,1H3,(H2,29,30,31,32,36)/p+1/t19-/m1/s1. The van der Waals surface area contributed by atoms with Gasteiger partial charge in [0.15, 0.2) is 0 Å². The van der Waals surface area contributed by atoms with Crippen LogP contribution in [-0.2, 0) is 30.8 Å². The fraction of sp³-hybridized carbons (Fsp3) is 0.308. The number of ether oxygens (including phenoxy) is 1. The molecular weight excluding hydrogens is 486 g/mol. The number of likely N-dealkylation sites (N-methyl/N-ethyl adjacent to an activating group) is 1. The molecule has 0 unspecified atom stereocenters. The van der Waals surface area contributed by atoms with Crippen molar-refractivity contribution in [1.29, 1.82) is 0 Å². The molecule has 3 N–H and O–H groups in total. The Morgan fingerprint density at radius 1 is 1.21 bits per heavy atom. The zero-order chi connectivity index (χ0) is 26.1. The van der Waals surface area contributed by atoms with Gasteiger partial charge in [0.25, 0.3) is 11.8 Å². The van der Waals surface area contributed by atoms with Gasteiger partial charge in [0.2, 0.25) is 12.2 Å². The van der Waals surface area contributed by atoms with E-state index in [1.54, 1.807) is 13.4 Å². The summed E-state index contributed by atoms with van der Waals surface area (Å²) in [4.78, 5) is 38.7. The number of benzene rings is 2. The Morgan fingerprint density at radius 3 is 2.95 bits per heavy atom.